The molecular formula is C18H25FO4. The van der Waals surface area contributed by atoms with Crippen molar-refractivity contribution >= 4 is 11.8 Å². The van der Waals surface area contributed by atoms with Crippen molar-refractivity contribution in [1.29, 1.82) is 0 Å². The lowest BCUT2D eigenvalue weighted by molar-refractivity contribution is -0.146. The van der Waals surface area contributed by atoms with Crippen LogP contribution in [0.15, 0.2) is 24.3 Å². The number of carbonyl (C=O) groups is 2. The first-order valence-electron chi connectivity index (χ1n) is 7.91. The lowest BCUT2D eigenvalue weighted by Gasteiger charge is -2.31. The Labute approximate surface area is 136 Å². The van der Waals surface area contributed by atoms with Gasteiger partial charge in [-0.1, -0.05) is 26.0 Å². The smallest absolute Gasteiger partial charge is 0.313 e. The molecule has 0 aromatic heterocycles. The zero-order chi connectivity index (χ0) is 17.5. The molecule has 0 amide bonds. The van der Waals surface area contributed by atoms with Crippen LogP contribution in [0.3, 0.4) is 0 Å². The number of aryl methyl sites for hydroxylation is 1. The van der Waals surface area contributed by atoms with Crippen LogP contribution in [-0.2, 0) is 20.7 Å². The fraction of sp³-hybridized carbons (Fsp3) is 0.556. The van der Waals surface area contributed by atoms with Gasteiger partial charge in [-0.25, -0.2) is 4.39 Å². The molecule has 1 rings (SSSR count). The molecule has 1 atom stereocenters. The van der Waals surface area contributed by atoms with Crippen LogP contribution in [0.4, 0.5) is 4.39 Å². The molecule has 0 saturated carbocycles. The van der Waals surface area contributed by atoms with Crippen molar-refractivity contribution in [2.24, 2.45) is 5.92 Å². The van der Waals surface area contributed by atoms with Crippen LogP contribution in [0, 0.1) is 11.7 Å². The number of halogens is 1. The van der Waals surface area contributed by atoms with E-state index in [0.29, 0.717) is 12.8 Å². The number of hydrogen-bond acceptors (Lipinski definition) is 4. The van der Waals surface area contributed by atoms with Crippen molar-refractivity contribution in [3.05, 3.63) is 35.6 Å². The van der Waals surface area contributed by atoms with Crippen LogP contribution in [-0.4, -0.2) is 29.1 Å². The summed E-state index contributed by atoms with van der Waals surface area (Å²) in [5.74, 6) is -1.41. The van der Waals surface area contributed by atoms with Gasteiger partial charge in [-0.05, 0) is 43.4 Å². The third kappa shape index (κ3) is 6.48. The second-order valence-electron chi connectivity index (χ2n) is 6.09. The van der Waals surface area contributed by atoms with Gasteiger partial charge in [0.15, 0.2) is 0 Å². The first-order valence-corrected chi connectivity index (χ1v) is 7.91. The number of Topliss-reactive ketones (excluding diaryl/α,β-unsaturated/α-hetero) is 1. The molecule has 0 aliphatic carbocycles. The van der Waals surface area contributed by atoms with Crippen molar-refractivity contribution < 1.29 is 23.8 Å². The molecule has 0 aliphatic heterocycles. The Hall–Kier alpha value is -1.75. The molecule has 128 valence electrons. The molecule has 0 aliphatic rings. The molecule has 0 radical (unpaired) electrons. The maximum Gasteiger partial charge on any atom is 0.313 e. The van der Waals surface area contributed by atoms with Gasteiger partial charge in [0.25, 0.3) is 0 Å². The summed E-state index contributed by atoms with van der Waals surface area (Å²) in [7, 11) is 0. The van der Waals surface area contributed by atoms with Gasteiger partial charge in [0.05, 0.1) is 12.2 Å². The highest BCUT2D eigenvalue weighted by molar-refractivity contribution is 5.95. The Morgan fingerprint density at radius 3 is 2.61 bits per heavy atom. The summed E-state index contributed by atoms with van der Waals surface area (Å²) in [6.07, 6.45) is 0.337. The van der Waals surface area contributed by atoms with Gasteiger partial charge >= 0.3 is 5.97 Å². The van der Waals surface area contributed by atoms with Crippen molar-refractivity contribution in [2.45, 2.75) is 52.1 Å². The van der Waals surface area contributed by atoms with E-state index in [1.807, 2.05) is 13.8 Å². The highest BCUT2D eigenvalue weighted by atomic mass is 19.1. The largest absolute Gasteiger partial charge is 0.466 e. The van der Waals surface area contributed by atoms with Crippen LogP contribution in [0.2, 0.25) is 0 Å². The molecule has 0 unspecified atom stereocenters. The summed E-state index contributed by atoms with van der Waals surface area (Å²) in [5, 5.41) is 10.8. The maximum atomic E-state index is 13.2. The summed E-state index contributed by atoms with van der Waals surface area (Å²) in [6.45, 7) is 5.54. The third-order valence-electron chi connectivity index (χ3n) is 3.96. The quantitative estimate of drug-likeness (QED) is 0.560. The minimum atomic E-state index is -1.23. The fourth-order valence-electron chi connectivity index (χ4n) is 2.41. The number of aliphatic hydroxyl groups is 1. The summed E-state index contributed by atoms with van der Waals surface area (Å²) < 4.78 is 18.0. The van der Waals surface area contributed by atoms with Gasteiger partial charge in [0.1, 0.15) is 18.0 Å². The van der Waals surface area contributed by atoms with Crippen LogP contribution < -0.4 is 0 Å². The maximum absolute atomic E-state index is 13.2. The molecule has 23 heavy (non-hydrogen) atoms. The van der Waals surface area contributed by atoms with Crippen molar-refractivity contribution in [3.8, 4) is 0 Å². The molecule has 0 spiro atoms. The molecular weight excluding hydrogens is 299 g/mol. The minimum Gasteiger partial charge on any atom is -0.466 e. The van der Waals surface area contributed by atoms with E-state index in [9.17, 15) is 19.1 Å². The standard InChI is InChI=1S/C18H25FO4/c1-4-23-17(21)11-16(20)12-18(22,13(2)3)9-8-14-6-5-7-15(19)10-14/h5-7,10,13,22H,4,8-9,11-12H2,1-3H3/t18-/m1/s1. The van der Waals surface area contributed by atoms with E-state index in [4.69, 9.17) is 4.74 Å². The normalized spacial score (nSPS) is 13.7. The fourth-order valence-corrected chi connectivity index (χ4v) is 2.41. The Morgan fingerprint density at radius 2 is 2.04 bits per heavy atom. The van der Waals surface area contributed by atoms with Crippen LogP contribution in [0.1, 0.15) is 45.6 Å². The zero-order valence-corrected chi connectivity index (χ0v) is 14.0. The average Bonchev–Trinajstić information content (AvgIpc) is 2.45. The molecule has 0 saturated heterocycles. The van der Waals surface area contributed by atoms with Crippen molar-refractivity contribution in [1.82, 2.24) is 0 Å². The number of carbonyl (C=O) groups excluding carboxylic acids is 2. The number of esters is 1. The zero-order valence-electron chi connectivity index (χ0n) is 14.0. The number of rotatable bonds is 9. The van der Waals surface area contributed by atoms with E-state index in [2.05, 4.69) is 0 Å². The van der Waals surface area contributed by atoms with Gasteiger partial charge < -0.3 is 9.84 Å². The predicted molar refractivity (Wildman–Crippen MR) is 85.4 cm³/mol. The number of ketones is 1. The van der Waals surface area contributed by atoms with E-state index < -0.39 is 11.6 Å². The topological polar surface area (TPSA) is 63.6 Å². The molecule has 1 aromatic carbocycles. The minimum absolute atomic E-state index is 0.112. The number of ether oxygens (including phenoxy) is 1. The molecule has 4 nitrogen and oxygen atoms in total. The molecule has 0 fully saturated rings. The third-order valence-corrected chi connectivity index (χ3v) is 3.96. The highest BCUT2D eigenvalue weighted by Crippen LogP contribution is 2.28. The number of benzene rings is 1. The van der Waals surface area contributed by atoms with Crippen molar-refractivity contribution in [2.75, 3.05) is 6.61 Å². The van der Waals surface area contributed by atoms with Gasteiger partial charge in [-0.15, -0.1) is 0 Å². The molecule has 0 heterocycles. The summed E-state index contributed by atoms with van der Waals surface area (Å²) in [6, 6.07) is 6.18. The van der Waals surface area contributed by atoms with Gasteiger partial charge in [-0.3, -0.25) is 9.59 Å². The van der Waals surface area contributed by atoms with Gasteiger partial charge in [-0.2, -0.15) is 0 Å². The summed E-state index contributed by atoms with van der Waals surface area (Å²) in [4.78, 5) is 23.4. The van der Waals surface area contributed by atoms with Crippen LogP contribution in [0.5, 0.6) is 0 Å². The van der Waals surface area contributed by atoms with E-state index in [0.717, 1.165) is 5.56 Å². The van der Waals surface area contributed by atoms with E-state index in [1.54, 1.807) is 19.1 Å². The predicted octanol–water partition coefficient (Wildman–Crippen LogP) is 3.06. The molecule has 0 bridgehead atoms. The van der Waals surface area contributed by atoms with Gasteiger partial charge in [0, 0.05) is 6.42 Å². The number of hydrogen-bond donors (Lipinski definition) is 1. The van der Waals surface area contributed by atoms with Crippen molar-refractivity contribution in [3.63, 3.8) is 0 Å². The van der Waals surface area contributed by atoms with E-state index >= 15 is 0 Å². The van der Waals surface area contributed by atoms with E-state index in [1.165, 1.54) is 12.1 Å². The first-order chi connectivity index (χ1) is 10.8. The highest BCUT2D eigenvalue weighted by Gasteiger charge is 2.33. The Morgan fingerprint density at radius 1 is 1.35 bits per heavy atom. The van der Waals surface area contributed by atoms with Gasteiger partial charge in [0.2, 0.25) is 0 Å². The summed E-state index contributed by atoms with van der Waals surface area (Å²) >= 11 is 0. The van der Waals surface area contributed by atoms with Crippen LogP contribution in [0.25, 0.3) is 0 Å². The second kappa shape index (κ2) is 8.77. The SMILES string of the molecule is CCOC(=O)CC(=O)C[C@](O)(CCc1cccc(F)c1)C(C)C. The second-order valence-corrected chi connectivity index (χ2v) is 6.09. The summed E-state index contributed by atoms with van der Waals surface area (Å²) in [5.41, 5.74) is -0.461. The lowest BCUT2D eigenvalue weighted by atomic mass is 9.80. The van der Waals surface area contributed by atoms with E-state index in [-0.39, 0.29) is 37.0 Å². The molecule has 1 aromatic rings. The Kier molecular flexibility index (Phi) is 7.36. The lowest BCUT2D eigenvalue weighted by Crippen LogP contribution is -2.38. The molecule has 5 heteroatoms. The average molecular weight is 324 g/mol. The van der Waals surface area contributed by atoms with Crippen LogP contribution >= 0.6 is 0 Å². The Bertz CT molecular complexity index is 542. The Balaban J connectivity index is 2.67. The first kappa shape index (κ1) is 19.3. The monoisotopic (exact) mass is 324 g/mol. The molecule has 1 N–H and O–H groups in total.